The predicted octanol–water partition coefficient (Wildman–Crippen LogP) is 5.28. The summed E-state index contributed by atoms with van der Waals surface area (Å²) in [6.07, 6.45) is 4.13. The third kappa shape index (κ3) is 3.97. The van der Waals surface area contributed by atoms with Crippen LogP contribution in [0.5, 0.6) is 5.88 Å². The number of anilines is 1. The van der Waals surface area contributed by atoms with Gasteiger partial charge in [-0.3, -0.25) is 0 Å². The van der Waals surface area contributed by atoms with Crippen LogP contribution in [-0.4, -0.2) is 24.2 Å². The lowest BCUT2D eigenvalue weighted by Gasteiger charge is -2.19. The first-order valence-electron chi connectivity index (χ1n) is 9.75. The number of nitrogens with zero attached hydrogens (tertiary/aromatic N) is 2. The zero-order valence-electron chi connectivity index (χ0n) is 16.1. The highest BCUT2D eigenvalue weighted by Gasteiger charge is 2.24. The molecule has 3 heteroatoms. The molecule has 0 N–H and O–H groups in total. The average Bonchev–Trinajstić information content (AvgIpc) is 3.18. The number of ether oxygens (including phenoxy) is 1. The molecule has 1 fully saturated rings. The summed E-state index contributed by atoms with van der Waals surface area (Å²) in [4.78, 5) is 6.82. The normalized spacial score (nSPS) is 16.5. The Morgan fingerprint density at radius 3 is 2.56 bits per heavy atom. The van der Waals surface area contributed by atoms with Gasteiger partial charge in [-0.15, -0.1) is 0 Å². The van der Waals surface area contributed by atoms with E-state index < -0.39 is 0 Å². The predicted molar refractivity (Wildman–Crippen MR) is 111 cm³/mol. The summed E-state index contributed by atoms with van der Waals surface area (Å²) in [6.45, 7) is 6.21. The molecule has 0 amide bonds. The molecule has 0 spiro atoms. The lowest BCUT2D eigenvalue weighted by atomic mass is 10.0. The molecule has 1 aliphatic heterocycles. The zero-order chi connectivity index (χ0) is 18.6. The van der Waals surface area contributed by atoms with Crippen molar-refractivity contribution in [1.29, 1.82) is 0 Å². The standard InChI is InChI=1S/C24H26N2O/c1-3-19-8-13-24(25-16-19)27-22-14-15-26(17-22)21-11-9-20(10-12-21)23-7-5-4-6-18(23)2/h4-13,16,22H,3,14-15,17H2,1-2H3. The van der Waals surface area contributed by atoms with Crippen LogP contribution in [-0.2, 0) is 6.42 Å². The number of rotatable bonds is 5. The van der Waals surface area contributed by atoms with E-state index in [0.717, 1.165) is 31.8 Å². The van der Waals surface area contributed by atoms with Crippen LogP contribution in [0.3, 0.4) is 0 Å². The summed E-state index contributed by atoms with van der Waals surface area (Å²) in [7, 11) is 0. The minimum absolute atomic E-state index is 0.195. The molecule has 0 radical (unpaired) electrons. The Balaban J connectivity index is 1.40. The Morgan fingerprint density at radius 1 is 1.04 bits per heavy atom. The van der Waals surface area contributed by atoms with Crippen molar-refractivity contribution in [3.63, 3.8) is 0 Å². The first kappa shape index (κ1) is 17.6. The zero-order valence-corrected chi connectivity index (χ0v) is 16.1. The summed E-state index contributed by atoms with van der Waals surface area (Å²) in [5, 5.41) is 0. The van der Waals surface area contributed by atoms with Gasteiger partial charge >= 0.3 is 0 Å². The van der Waals surface area contributed by atoms with Gasteiger partial charge in [0.2, 0.25) is 5.88 Å². The summed E-state index contributed by atoms with van der Waals surface area (Å²) < 4.78 is 6.08. The summed E-state index contributed by atoms with van der Waals surface area (Å²) in [5.74, 6) is 0.731. The van der Waals surface area contributed by atoms with Crippen molar-refractivity contribution in [3.8, 4) is 17.0 Å². The van der Waals surface area contributed by atoms with Gasteiger partial charge in [-0.05, 0) is 47.7 Å². The van der Waals surface area contributed by atoms with E-state index in [1.165, 1.54) is 27.9 Å². The van der Waals surface area contributed by atoms with Gasteiger partial charge < -0.3 is 9.64 Å². The van der Waals surface area contributed by atoms with Crippen LogP contribution in [0.15, 0.2) is 66.9 Å². The quantitative estimate of drug-likeness (QED) is 0.621. The molecule has 1 unspecified atom stereocenters. The van der Waals surface area contributed by atoms with Crippen LogP contribution in [0.1, 0.15) is 24.5 Å². The molecule has 1 saturated heterocycles. The molecule has 2 heterocycles. The maximum atomic E-state index is 6.08. The molecule has 3 aromatic rings. The maximum Gasteiger partial charge on any atom is 0.213 e. The second kappa shape index (κ2) is 7.83. The molecule has 1 atom stereocenters. The van der Waals surface area contributed by atoms with Gasteiger partial charge in [0.15, 0.2) is 0 Å². The van der Waals surface area contributed by atoms with Crippen LogP contribution in [0.4, 0.5) is 5.69 Å². The Morgan fingerprint density at radius 2 is 1.85 bits per heavy atom. The van der Waals surface area contributed by atoms with Crippen LogP contribution in [0.25, 0.3) is 11.1 Å². The fourth-order valence-electron chi connectivity index (χ4n) is 3.67. The third-order valence-electron chi connectivity index (χ3n) is 5.33. The van der Waals surface area contributed by atoms with Gasteiger partial charge in [-0.25, -0.2) is 4.98 Å². The van der Waals surface area contributed by atoms with Crippen molar-refractivity contribution in [2.75, 3.05) is 18.0 Å². The molecule has 4 rings (SSSR count). The molecule has 2 aromatic carbocycles. The largest absolute Gasteiger partial charge is 0.472 e. The molecule has 1 aromatic heterocycles. The topological polar surface area (TPSA) is 25.4 Å². The molecule has 0 aliphatic carbocycles. The number of aromatic nitrogens is 1. The minimum Gasteiger partial charge on any atom is -0.472 e. The number of hydrogen-bond acceptors (Lipinski definition) is 3. The van der Waals surface area contributed by atoms with E-state index in [9.17, 15) is 0 Å². The van der Waals surface area contributed by atoms with E-state index in [1.54, 1.807) is 0 Å². The van der Waals surface area contributed by atoms with E-state index in [2.05, 4.69) is 78.3 Å². The van der Waals surface area contributed by atoms with E-state index in [-0.39, 0.29) is 6.10 Å². The molecule has 0 bridgehead atoms. The monoisotopic (exact) mass is 358 g/mol. The molecule has 1 aliphatic rings. The van der Waals surface area contributed by atoms with Crippen LogP contribution in [0.2, 0.25) is 0 Å². The van der Waals surface area contributed by atoms with Gasteiger partial charge in [0.25, 0.3) is 0 Å². The van der Waals surface area contributed by atoms with Crippen molar-refractivity contribution >= 4 is 5.69 Å². The highest BCUT2D eigenvalue weighted by atomic mass is 16.5. The van der Waals surface area contributed by atoms with Gasteiger partial charge in [0.05, 0.1) is 6.54 Å². The third-order valence-corrected chi connectivity index (χ3v) is 5.33. The Labute approximate surface area is 161 Å². The first-order chi connectivity index (χ1) is 13.2. The van der Waals surface area contributed by atoms with Gasteiger partial charge in [-0.1, -0.05) is 49.4 Å². The fraction of sp³-hybridized carbons (Fsp3) is 0.292. The minimum atomic E-state index is 0.195. The van der Waals surface area contributed by atoms with Crippen LogP contribution < -0.4 is 9.64 Å². The smallest absolute Gasteiger partial charge is 0.213 e. The number of benzene rings is 2. The molecule has 138 valence electrons. The van der Waals surface area contributed by atoms with E-state index in [4.69, 9.17) is 4.74 Å². The lowest BCUT2D eigenvalue weighted by molar-refractivity contribution is 0.216. The average molecular weight is 358 g/mol. The highest BCUT2D eigenvalue weighted by Crippen LogP contribution is 2.28. The lowest BCUT2D eigenvalue weighted by Crippen LogP contribution is -2.24. The van der Waals surface area contributed by atoms with Crippen molar-refractivity contribution in [2.24, 2.45) is 0 Å². The summed E-state index contributed by atoms with van der Waals surface area (Å²) in [5.41, 5.74) is 6.37. The van der Waals surface area contributed by atoms with Crippen molar-refractivity contribution in [1.82, 2.24) is 4.98 Å². The second-order valence-electron chi connectivity index (χ2n) is 7.19. The molecular weight excluding hydrogens is 332 g/mol. The molecular formula is C24H26N2O. The fourth-order valence-corrected chi connectivity index (χ4v) is 3.67. The van der Waals surface area contributed by atoms with Crippen molar-refractivity contribution in [2.45, 2.75) is 32.8 Å². The Hall–Kier alpha value is -2.81. The van der Waals surface area contributed by atoms with Crippen molar-refractivity contribution < 1.29 is 4.74 Å². The second-order valence-corrected chi connectivity index (χ2v) is 7.19. The van der Waals surface area contributed by atoms with Gasteiger partial charge in [0.1, 0.15) is 6.10 Å². The van der Waals surface area contributed by atoms with E-state index in [1.807, 2.05) is 12.3 Å². The Bertz CT molecular complexity index is 887. The Kier molecular flexibility index (Phi) is 5.10. The first-order valence-corrected chi connectivity index (χ1v) is 9.75. The number of pyridine rings is 1. The van der Waals surface area contributed by atoms with Gasteiger partial charge in [-0.2, -0.15) is 0 Å². The van der Waals surface area contributed by atoms with Gasteiger partial charge in [0, 0.05) is 30.9 Å². The molecule has 3 nitrogen and oxygen atoms in total. The molecule has 27 heavy (non-hydrogen) atoms. The van der Waals surface area contributed by atoms with Crippen LogP contribution >= 0.6 is 0 Å². The molecule has 0 saturated carbocycles. The summed E-state index contributed by atoms with van der Waals surface area (Å²) in [6, 6.07) is 21.5. The van der Waals surface area contributed by atoms with E-state index in [0.29, 0.717) is 0 Å². The van der Waals surface area contributed by atoms with Crippen LogP contribution in [0, 0.1) is 6.92 Å². The SMILES string of the molecule is CCc1ccc(OC2CCN(c3ccc(-c4ccccc4C)cc3)C2)nc1. The summed E-state index contributed by atoms with van der Waals surface area (Å²) >= 11 is 0. The van der Waals surface area contributed by atoms with E-state index >= 15 is 0 Å². The number of aryl methyl sites for hydroxylation is 2. The number of hydrogen-bond donors (Lipinski definition) is 0. The maximum absolute atomic E-state index is 6.08. The van der Waals surface area contributed by atoms with Crippen molar-refractivity contribution in [3.05, 3.63) is 78.0 Å². The highest BCUT2D eigenvalue weighted by molar-refractivity contribution is 5.69.